The van der Waals surface area contributed by atoms with Gasteiger partial charge in [-0.2, -0.15) is 0 Å². The van der Waals surface area contributed by atoms with E-state index in [1.165, 1.54) is 0 Å². The molecular weight excluding hydrogens is 244 g/mol. The van der Waals surface area contributed by atoms with Crippen molar-refractivity contribution in [3.8, 4) is 0 Å². The summed E-state index contributed by atoms with van der Waals surface area (Å²) >= 11 is 0. The minimum absolute atomic E-state index is 0.116. The number of hydrogen-bond donors (Lipinski definition) is 1. The molecule has 1 rings (SSSR count). The number of aromatic nitrogens is 1. The smallest absolute Gasteiger partial charge is 0.341 e. The second-order valence-electron chi connectivity index (χ2n) is 4.46. The van der Waals surface area contributed by atoms with Gasteiger partial charge >= 0.3 is 5.97 Å². The van der Waals surface area contributed by atoms with E-state index in [4.69, 9.17) is 9.84 Å². The molecular formula is C14H22N2O3. The van der Waals surface area contributed by atoms with Gasteiger partial charge in [0.15, 0.2) is 0 Å². The molecule has 0 radical (unpaired) electrons. The van der Waals surface area contributed by atoms with Crippen molar-refractivity contribution in [1.29, 1.82) is 0 Å². The fourth-order valence-corrected chi connectivity index (χ4v) is 1.84. The summed E-state index contributed by atoms with van der Waals surface area (Å²) in [5.74, 6) is 0.254. The Balaban J connectivity index is 3.04. The number of hydrogen-bond acceptors (Lipinski definition) is 5. The van der Waals surface area contributed by atoms with E-state index in [-0.39, 0.29) is 18.6 Å². The Morgan fingerprint density at radius 1 is 1.53 bits per heavy atom. The lowest BCUT2D eigenvalue weighted by Gasteiger charge is -2.29. The zero-order valence-electron chi connectivity index (χ0n) is 11.8. The van der Waals surface area contributed by atoms with Crippen LogP contribution >= 0.6 is 0 Å². The van der Waals surface area contributed by atoms with Crippen molar-refractivity contribution in [2.75, 3.05) is 24.7 Å². The molecule has 0 atom stereocenters. The lowest BCUT2D eigenvalue weighted by Crippen LogP contribution is -2.34. The average Bonchev–Trinajstić information content (AvgIpc) is 2.39. The van der Waals surface area contributed by atoms with Gasteiger partial charge in [-0.3, -0.25) is 0 Å². The van der Waals surface area contributed by atoms with Crippen LogP contribution in [0.5, 0.6) is 0 Å². The van der Waals surface area contributed by atoms with Gasteiger partial charge in [-0.15, -0.1) is 0 Å². The van der Waals surface area contributed by atoms with E-state index in [0.717, 1.165) is 0 Å². The SMILES string of the molecule is CCOC(=O)c1cccnc1N(CCCO)C(C)C. The molecule has 0 bridgehead atoms. The Labute approximate surface area is 114 Å². The van der Waals surface area contributed by atoms with Crippen molar-refractivity contribution in [3.63, 3.8) is 0 Å². The maximum absolute atomic E-state index is 11.9. The lowest BCUT2D eigenvalue weighted by atomic mass is 10.2. The Morgan fingerprint density at radius 2 is 2.26 bits per heavy atom. The third-order valence-electron chi connectivity index (χ3n) is 2.73. The standard InChI is InChI=1S/C14H22N2O3/c1-4-19-14(18)12-7-5-8-15-13(12)16(11(2)3)9-6-10-17/h5,7-8,11,17H,4,6,9-10H2,1-3H3. The molecule has 0 saturated heterocycles. The second kappa shape index (κ2) is 7.74. The highest BCUT2D eigenvalue weighted by molar-refractivity contribution is 5.94. The predicted molar refractivity (Wildman–Crippen MR) is 74.4 cm³/mol. The fourth-order valence-electron chi connectivity index (χ4n) is 1.84. The molecule has 5 nitrogen and oxygen atoms in total. The molecule has 19 heavy (non-hydrogen) atoms. The first-order valence-corrected chi connectivity index (χ1v) is 6.61. The topological polar surface area (TPSA) is 62.7 Å². The van der Waals surface area contributed by atoms with Gasteiger partial charge in [0.2, 0.25) is 0 Å². The molecule has 0 spiro atoms. The first-order chi connectivity index (χ1) is 9.11. The highest BCUT2D eigenvalue weighted by Crippen LogP contribution is 2.20. The van der Waals surface area contributed by atoms with Crippen LogP contribution in [-0.2, 0) is 4.74 Å². The van der Waals surface area contributed by atoms with Crippen LogP contribution in [0.2, 0.25) is 0 Å². The van der Waals surface area contributed by atoms with Crippen LogP contribution in [0.15, 0.2) is 18.3 Å². The Morgan fingerprint density at radius 3 is 2.84 bits per heavy atom. The van der Waals surface area contributed by atoms with Gasteiger partial charge in [0.25, 0.3) is 0 Å². The third-order valence-corrected chi connectivity index (χ3v) is 2.73. The van der Waals surface area contributed by atoms with Crippen molar-refractivity contribution in [1.82, 2.24) is 4.98 Å². The van der Waals surface area contributed by atoms with Gasteiger partial charge in [0, 0.05) is 25.4 Å². The summed E-state index contributed by atoms with van der Waals surface area (Å²) in [6, 6.07) is 3.63. The van der Waals surface area contributed by atoms with E-state index >= 15 is 0 Å². The van der Waals surface area contributed by atoms with Crippen molar-refractivity contribution in [2.24, 2.45) is 0 Å². The highest BCUT2D eigenvalue weighted by atomic mass is 16.5. The van der Waals surface area contributed by atoms with Gasteiger partial charge in [-0.05, 0) is 39.3 Å². The molecule has 1 aromatic heterocycles. The molecule has 1 aromatic rings. The number of aliphatic hydroxyl groups excluding tert-OH is 1. The van der Waals surface area contributed by atoms with Crippen molar-refractivity contribution in [2.45, 2.75) is 33.2 Å². The molecule has 1 N–H and O–H groups in total. The minimum Gasteiger partial charge on any atom is -0.462 e. The van der Waals surface area contributed by atoms with Crippen LogP contribution in [0.25, 0.3) is 0 Å². The largest absolute Gasteiger partial charge is 0.462 e. The van der Waals surface area contributed by atoms with Crippen LogP contribution in [-0.4, -0.2) is 41.9 Å². The number of esters is 1. The quantitative estimate of drug-likeness (QED) is 0.763. The van der Waals surface area contributed by atoms with Crippen molar-refractivity contribution >= 4 is 11.8 Å². The van der Waals surface area contributed by atoms with E-state index in [1.807, 2.05) is 18.7 Å². The lowest BCUT2D eigenvalue weighted by molar-refractivity contribution is 0.0526. The number of carbonyl (C=O) groups is 1. The van der Waals surface area contributed by atoms with Gasteiger partial charge in [-0.25, -0.2) is 9.78 Å². The van der Waals surface area contributed by atoms with Crippen molar-refractivity contribution in [3.05, 3.63) is 23.9 Å². The average molecular weight is 266 g/mol. The van der Waals surface area contributed by atoms with E-state index in [2.05, 4.69) is 4.98 Å². The van der Waals surface area contributed by atoms with Gasteiger partial charge in [0.05, 0.1) is 6.61 Å². The van der Waals surface area contributed by atoms with Gasteiger partial charge in [0.1, 0.15) is 11.4 Å². The first kappa shape index (κ1) is 15.4. The molecule has 0 amide bonds. The van der Waals surface area contributed by atoms with E-state index in [1.54, 1.807) is 25.3 Å². The summed E-state index contributed by atoms with van der Waals surface area (Å²) in [7, 11) is 0. The summed E-state index contributed by atoms with van der Waals surface area (Å²) in [4.78, 5) is 18.2. The zero-order valence-corrected chi connectivity index (χ0v) is 11.8. The molecule has 0 saturated carbocycles. The number of pyridine rings is 1. The number of nitrogens with zero attached hydrogens (tertiary/aromatic N) is 2. The zero-order chi connectivity index (χ0) is 14.3. The molecule has 0 aromatic carbocycles. The first-order valence-electron chi connectivity index (χ1n) is 6.61. The monoisotopic (exact) mass is 266 g/mol. The van der Waals surface area contributed by atoms with Gasteiger partial charge < -0.3 is 14.7 Å². The Bertz CT molecular complexity index is 407. The molecule has 0 aliphatic carbocycles. The Hall–Kier alpha value is -1.62. The van der Waals surface area contributed by atoms with Crippen molar-refractivity contribution < 1.29 is 14.6 Å². The molecule has 0 unspecified atom stereocenters. The summed E-state index contributed by atoms with van der Waals surface area (Å²) in [5.41, 5.74) is 0.469. The van der Waals surface area contributed by atoms with Gasteiger partial charge in [-0.1, -0.05) is 0 Å². The van der Waals surface area contributed by atoms with Crippen LogP contribution in [0, 0.1) is 0 Å². The number of aliphatic hydroxyl groups is 1. The maximum atomic E-state index is 11.9. The molecule has 0 aliphatic rings. The van der Waals surface area contributed by atoms with E-state index in [9.17, 15) is 4.79 Å². The molecule has 0 fully saturated rings. The Kier molecular flexibility index (Phi) is 6.29. The van der Waals surface area contributed by atoms with Crippen LogP contribution in [0.3, 0.4) is 0 Å². The van der Waals surface area contributed by atoms with Crippen LogP contribution < -0.4 is 4.90 Å². The van der Waals surface area contributed by atoms with E-state index < -0.39 is 0 Å². The third kappa shape index (κ3) is 4.21. The summed E-state index contributed by atoms with van der Waals surface area (Å²) in [6.45, 7) is 6.94. The maximum Gasteiger partial charge on any atom is 0.341 e. The normalized spacial score (nSPS) is 10.6. The molecule has 106 valence electrons. The minimum atomic E-state index is -0.361. The molecule has 1 heterocycles. The summed E-state index contributed by atoms with van der Waals surface area (Å²) < 4.78 is 5.05. The number of anilines is 1. The second-order valence-corrected chi connectivity index (χ2v) is 4.46. The number of ether oxygens (including phenoxy) is 1. The van der Waals surface area contributed by atoms with Crippen LogP contribution in [0.4, 0.5) is 5.82 Å². The highest BCUT2D eigenvalue weighted by Gasteiger charge is 2.20. The van der Waals surface area contributed by atoms with E-state index in [0.29, 0.717) is 31.0 Å². The number of rotatable bonds is 7. The predicted octanol–water partition coefficient (Wildman–Crippen LogP) is 1.86. The summed E-state index contributed by atoms with van der Waals surface area (Å²) in [6.07, 6.45) is 2.30. The van der Waals surface area contributed by atoms with Crippen LogP contribution in [0.1, 0.15) is 37.6 Å². The molecule has 0 aliphatic heterocycles. The molecule has 5 heteroatoms. The number of carbonyl (C=O) groups excluding carboxylic acids is 1. The summed E-state index contributed by atoms with van der Waals surface area (Å²) in [5, 5.41) is 8.97. The fraction of sp³-hybridized carbons (Fsp3) is 0.571.